The first kappa shape index (κ1) is 14.8. The quantitative estimate of drug-likeness (QED) is 0.519. The molecule has 7 heteroatoms. The Bertz CT molecular complexity index is 419. The molecule has 0 N–H and O–H groups in total. The van der Waals surface area contributed by atoms with Gasteiger partial charge in [0.25, 0.3) is 10.3 Å². The fourth-order valence-corrected chi connectivity index (χ4v) is 3.68. The summed E-state index contributed by atoms with van der Waals surface area (Å²) in [5.74, 6) is 0.333. The monoisotopic (exact) mass is 335 g/mol. The van der Waals surface area contributed by atoms with E-state index in [0.717, 1.165) is 18.8 Å². The number of carbonyl (C=O) groups excluding carboxylic acids is 1. The van der Waals surface area contributed by atoms with Crippen LogP contribution in [0.2, 0.25) is 0 Å². The van der Waals surface area contributed by atoms with E-state index < -0.39 is 5.91 Å². The van der Waals surface area contributed by atoms with Crippen molar-refractivity contribution < 1.29 is 31.5 Å². The van der Waals surface area contributed by atoms with E-state index in [0.29, 0.717) is 12.0 Å². The summed E-state index contributed by atoms with van der Waals surface area (Å²) in [7, 11) is 0. The van der Waals surface area contributed by atoms with Crippen LogP contribution in [0.15, 0.2) is 16.6 Å². The predicted molar refractivity (Wildman–Crippen MR) is 66.1 cm³/mol. The highest BCUT2D eigenvalue weighted by molar-refractivity contribution is 8.38. The minimum absolute atomic E-state index is 0. The lowest BCUT2D eigenvalue weighted by Crippen LogP contribution is -3.00. The average molecular weight is 336 g/mol. The molecular formula is C10H12BrN2O2S2-. The maximum absolute atomic E-state index is 11.2. The third kappa shape index (κ3) is 3.59. The third-order valence-corrected chi connectivity index (χ3v) is 4.81. The van der Waals surface area contributed by atoms with Crippen LogP contribution >= 0.6 is 23.5 Å². The van der Waals surface area contributed by atoms with Crippen LogP contribution in [-0.2, 0) is 4.79 Å². The van der Waals surface area contributed by atoms with Crippen molar-refractivity contribution in [3.63, 3.8) is 0 Å². The van der Waals surface area contributed by atoms with Crippen molar-refractivity contribution >= 4 is 39.7 Å². The largest absolute Gasteiger partial charge is 1.00 e. The number of carbonyl (C=O) groups is 1. The smallest absolute Gasteiger partial charge is 0.269 e. The van der Waals surface area contributed by atoms with Crippen LogP contribution in [0.3, 0.4) is 0 Å². The predicted octanol–water partition coefficient (Wildman–Crippen LogP) is -2.92. The second-order valence-electron chi connectivity index (χ2n) is 3.48. The Kier molecular flexibility index (Phi) is 5.75. The number of aliphatic imine (C=N–C) groups is 1. The Hall–Kier alpha value is -0.270. The lowest BCUT2D eigenvalue weighted by molar-refractivity contribution is -0.514. The van der Waals surface area contributed by atoms with E-state index in [1.807, 2.05) is 11.8 Å². The zero-order valence-corrected chi connectivity index (χ0v) is 12.5. The van der Waals surface area contributed by atoms with Crippen LogP contribution in [0.5, 0.6) is 0 Å². The van der Waals surface area contributed by atoms with E-state index in [4.69, 9.17) is 0 Å². The first-order chi connectivity index (χ1) is 7.70. The molecule has 94 valence electrons. The Morgan fingerprint density at radius 3 is 3.00 bits per heavy atom. The van der Waals surface area contributed by atoms with Crippen molar-refractivity contribution in [1.29, 1.82) is 0 Å². The summed E-state index contributed by atoms with van der Waals surface area (Å²) >= 11 is 3.58. The molecule has 0 saturated heterocycles. The van der Waals surface area contributed by atoms with Crippen molar-refractivity contribution in [2.24, 2.45) is 4.99 Å². The van der Waals surface area contributed by atoms with Crippen LogP contribution in [0.4, 0.5) is 0 Å². The molecule has 0 aromatic carbocycles. The van der Waals surface area contributed by atoms with E-state index >= 15 is 0 Å². The fourth-order valence-electron chi connectivity index (χ4n) is 1.67. The standard InChI is InChI=1S/C10H12N2O2S2.BrH/c1-15-10-12(4-5-16-10)3-2-7-6-8(13)11-9(7)14;/h6H,2-5H2,1H3;1H/p-1. The van der Waals surface area contributed by atoms with Gasteiger partial charge in [0.2, 0.25) is 0 Å². The number of hydrogen-bond donors (Lipinski definition) is 0. The van der Waals surface area contributed by atoms with E-state index in [1.54, 1.807) is 11.8 Å². The molecule has 2 rings (SSSR count). The first-order valence-corrected chi connectivity index (χ1v) is 7.21. The van der Waals surface area contributed by atoms with Crippen molar-refractivity contribution in [2.45, 2.75) is 6.42 Å². The van der Waals surface area contributed by atoms with E-state index in [-0.39, 0.29) is 22.9 Å². The fraction of sp³-hybridized carbons (Fsp3) is 0.500. The van der Waals surface area contributed by atoms with Crippen molar-refractivity contribution in [3.8, 4) is 0 Å². The molecule has 2 aliphatic heterocycles. The van der Waals surface area contributed by atoms with Crippen LogP contribution in [0.1, 0.15) is 6.42 Å². The van der Waals surface area contributed by atoms with Gasteiger partial charge < -0.3 is 22.1 Å². The highest BCUT2D eigenvalue weighted by Crippen LogP contribution is 2.20. The minimum atomic E-state index is -0.412. The van der Waals surface area contributed by atoms with Gasteiger partial charge in [-0.3, -0.25) is 4.79 Å². The Morgan fingerprint density at radius 2 is 2.41 bits per heavy atom. The highest BCUT2D eigenvalue weighted by Gasteiger charge is 2.22. The highest BCUT2D eigenvalue weighted by atomic mass is 79.9. The lowest BCUT2D eigenvalue weighted by atomic mass is 10.2. The summed E-state index contributed by atoms with van der Waals surface area (Å²) in [5, 5.41) is 11.2. The number of hydrogen-bond acceptors (Lipinski definition) is 4. The molecule has 17 heavy (non-hydrogen) atoms. The number of amides is 1. The zero-order valence-electron chi connectivity index (χ0n) is 9.31. The molecule has 4 nitrogen and oxygen atoms in total. The summed E-state index contributed by atoms with van der Waals surface area (Å²) in [6.07, 6.45) is 4.02. The molecule has 0 spiro atoms. The minimum Gasteiger partial charge on any atom is -1.00 e. The zero-order chi connectivity index (χ0) is 11.5. The van der Waals surface area contributed by atoms with Crippen LogP contribution in [-0.4, -0.2) is 45.9 Å². The van der Waals surface area contributed by atoms with Gasteiger partial charge in [-0.2, -0.15) is 0 Å². The molecule has 0 radical (unpaired) electrons. The van der Waals surface area contributed by atoms with Gasteiger partial charge in [0.15, 0.2) is 6.54 Å². The molecule has 0 atom stereocenters. The van der Waals surface area contributed by atoms with Gasteiger partial charge >= 0.3 is 0 Å². The molecule has 0 aliphatic carbocycles. The average Bonchev–Trinajstić information content (AvgIpc) is 2.81. The summed E-state index contributed by atoms with van der Waals surface area (Å²) in [6.45, 7) is 1.82. The van der Waals surface area contributed by atoms with Crippen molar-refractivity contribution in [3.05, 3.63) is 11.6 Å². The van der Waals surface area contributed by atoms with Crippen molar-refractivity contribution in [2.75, 3.05) is 25.1 Å². The molecule has 1 amide bonds. The molecule has 0 saturated carbocycles. The van der Waals surface area contributed by atoms with Gasteiger partial charge in [-0.15, -0.1) is 0 Å². The molecular weight excluding hydrogens is 324 g/mol. The van der Waals surface area contributed by atoms with E-state index in [9.17, 15) is 9.90 Å². The van der Waals surface area contributed by atoms with Crippen LogP contribution in [0, 0.1) is 0 Å². The number of thioether (sulfide) groups is 2. The van der Waals surface area contributed by atoms with Gasteiger partial charge in [0.05, 0.1) is 5.75 Å². The molecule has 0 aromatic rings. The number of rotatable bonds is 3. The summed E-state index contributed by atoms with van der Waals surface area (Å²) < 4.78 is 3.56. The number of halogens is 1. The molecule has 2 heterocycles. The van der Waals surface area contributed by atoms with Crippen LogP contribution in [0.25, 0.3) is 0 Å². The second-order valence-corrected chi connectivity index (χ2v) is 5.62. The Morgan fingerprint density at radius 1 is 1.65 bits per heavy atom. The topological polar surface area (TPSA) is 55.5 Å². The van der Waals surface area contributed by atoms with E-state index in [2.05, 4.69) is 15.8 Å². The second kappa shape index (κ2) is 6.61. The first-order valence-electron chi connectivity index (χ1n) is 5.00. The Labute approximate surface area is 119 Å². The molecule has 0 aromatic heterocycles. The van der Waals surface area contributed by atoms with Crippen LogP contribution < -0.4 is 22.1 Å². The molecule has 0 fully saturated rings. The summed E-state index contributed by atoms with van der Waals surface area (Å²) in [6, 6.07) is 0. The molecule has 0 bridgehead atoms. The van der Waals surface area contributed by atoms with E-state index in [1.165, 1.54) is 10.5 Å². The summed E-state index contributed by atoms with van der Waals surface area (Å²) in [4.78, 5) is 14.2. The lowest BCUT2D eigenvalue weighted by Gasteiger charge is -2.07. The Balaban J connectivity index is 0.00000144. The molecule has 0 unspecified atom stereocenters. The van der Waals surface area contributed by atoms with Gasteiger partial charge in [-0.05, 0) is 29.5 Å². The summed E-state index contributed by atoms with van der Waals surface area (Å²) in [5.41, 5.74) is 0.544. The van der Waals surface area contributed by atoms with Gasteiger partial charge in [0.1, 0.15) is 6.54 Å². The SMILES string of the molecule is CSC1=[N+](CCC2=CC(=O)N=C2[O-])CCS1.[Br-]. The third-order valence-electron chi connectivity index (χ3n) is 2.45. The van der Waals surface area contributed by atoms with Gasteiger partial charge in [-0.1, -0.05) is 11.8 Å². The number of nitrogens with zero attached hydrogens (tertiary/aromatic N) is 2. The maximum Gasteiger partial charge on any atom is 0.269 e. The van der Waals surface area contributed by atoms with Crippen molar-refractivity contribution in [1.82, 2.24) is 0 Å². The normalized spacial score (nSPS) is 19.2. The van der Waals surface area contributed by atoms with Gasteiger partial charge in [-0.25, -0.2) is 9.57 Å². The van der Waals surface area contributed by atoms with Gasteiger partial charge in [0, 0.05) is 12.5 Å². The maximum atomic E-state index is 11.2. The molecule has 2 aliphatic rings.